The maximum Gasteiger partial charge on any atom is 0.389 e. The number of alkyl halides is 3. The molecule has 0 aromatic heterocycles. The number of hydrogen-bond donors (Lipinski definition) is 3. The molecular formula is C43H44F6O4. The van der Waals surface area contributed by atoms with Gasteiger partial charge >= 0.3 is 6.18 Å². The van der Waals surface area contributed by atoms with E-state index in [4.69, 9.17) is 5.11 Å². The molecule has 0 radical (unpaired) electrons. The number of aryl methyl sites for hydroxylation is 5. The number of phenols is 3. The summed E-state index contributed by atoms with van der Waals surface area (Å²) >= 11 is 0. The third-order valence-corrected chi connectivity index (χ3v) is 8.57. The van der Waals surface area contributed by atoms with Crippen molar-refractivity contribution in [3.8, 4) is 17.2 Å². The van der Waals surface area contributed by atoms with E-state index in [2.05, 4.69) is 0 Å². The average molecular weight is 739 g/mol. The van der Waals surface area contributed by atoms with Crippen molar-refractivity contribution in [2.45, 2.75) is 78.3 Å². The number of rotatable bonds is 10. The predicted molar refractivity (Wildman–Crippen MR) is 195 cm³/mol. The van der Waals surface area contributed by atoms with Gasteiger partial charge in [-0.25, -0.2) is 13.2 Å². The number of carbonyl (C=O) groups excluding carboxylic acids is 1. The predicted octanol–water partition coefficient (Wildman–Crippen LogP) is 11.6. The van der Waals surface area contributed by atoms with E-state index in [1.807, 2.05) is 45.0 Å². The summed E-state index contributed by atoms with van der Waals surface area (Å²) in [5, 5.41) is 30.5. The Morgan fingerprint density at radius 3 is 1.57 bits per heavy atom. The van der Waals surface area contributed by atoms with Crippen LogP contribution >= 0.6 is 0 Å². The summed E-state index contributed by atoms with van der Waals surface area (Å²) in [5.41, 5.74) is 3.95. The Balaban J connectivity index is 0.000000305. The van der Waals surface area contributed by atoms with Gasteiger partial charge in [0.2, 0.25) is 0 Å². The second-order valence-corrected chi connectivity index (χ2v) is 12.7. The summed E-state index contributed by atoms with van der Waals surface area (Å²) < 4.78 is 80.3. The first kappa shape index (κ1) is 42.2. The number of hydrogen-bond acceptors (Lipinski definition) is 4. The Bertz CT molecular complexity index is 1970. The lowest BCUT2D eigenvalue weighted by Crippen LogP contribution is -2.11. The van der Waals surface area contributed by atoms with Crippen LogP contribution in [0.2, 0.25) is 0 Å². The second-order valence-electron chi connectivity index (χ2n) is 12.7. The molecule has 3 N–H and O–H groups in total. The lowest BCUT2D eigenvalue weighted by molar-refractivity contribution is -0.134. The fourth-order valence-electron chi connectivity index (χ4n) is 5.79. The quantitative estimate of drug-likeness (QED) is 0.0757. The average Bonchev–Trinajstić information content (AvgIpc) is 3.10. The number of halogens is 6. The Kier molecular flexibility index (Phi) is 15.6. The third kappa shape index (κ3) is 12.2. The minimum Gasteiger partial charge on any atom is -0.508 e. The summed E-state index contributed by atoms with van der Waals surface area (Å²) in [4.78, 5) is 10.2. The molecule has 0 spiro atoms. The molecule has 1 atom stereocenters. The van der Waals surface area contributed by atoms with Gasteiger partial charge in [-0.2, -0.15) is 13.2 Å². The van der Waals surface area contributed by atoms with Gasteiger partial charge in [0.1, 0.15) is 41.0 Å². The highest BCUT2D eigenvalue weighted by molar-refractivity contribution is 5.76. The van der Waals surface area contributed by atoms with Gasteiger partial charge < -0.3 is 15.3 Å². The number of phenolic OH excluding ortho intramolecular Hbond substituents is 3. The summed E-state index contributed by atoms with van der Waals surface area (Å²) in [6.07, 6.45) is -2.78. The first-order valence-corrected chi connectivity index (χ1v) is 17.2. The molecule has 0 aliphatic carbocycles. The summed E-state index contributed by atoms with van der Waals surface area (Å²) in [5.74, 6) is -3.13. The van der Waals surface area contributed by atoms with Crippen molar-refractivity contribution in [2.75, 3.05) is 0 Å². The molecule has 0 saturated heterocycles. The summed E-state index contributed by atoms with van der Waals surface area (Å²) in [6, 6.07) is 23.1. The SMILES string of the molecule is CCCc1cc(O)c(C(c2ccccc2C)c2cc(F)c(CCC(F)(F)F)cc2O)cc1F.CCCc1cc(O)ccc1F.Cc1ccccc1C=O. The van der Waals surface area contributed by atoms with Crippen molar-refractivity contribution in [2.24, 2.45) is 0 Å². The molecule has 0 aliphatic rings. The monoisotopic (exact) mass is 738 g/mol. The van der Waals surface area contributed by atoms with Gasteiger partial charge in [-0.15, -0.1) is 0 Å². The van der Waals surface area contributed by atoms with Crippen LogP contribution in [0.25, 0.3) is 0 Å². The van der Waals surface area contributed by atoms with Crippen LogP contribution in [0.3, 0.4) is 0 Å². The van der Waals surface area contributed by atoms with Crippen LogP contribution in [0.4, 0.5) is 26.3 Å². The van der Waals surface area contributed by atoms with Gasteiger partial charge in [0.25, 0.3) is 0 Å². The maximum atomic E-state index is 14.8. The smallest absolute Gasteiger partial charge is 0.389 e. The highest BCUT2D eigenvalue weighted by Crippen LogP contribution is 2.43. The Morgan fingerprint density at radius 1 is 0.604 bits per heavy atom. The van der Waals surface area contributed by atoms with Gasteiger partial charge in [0, 0.05) is 29.0 Å². The lowest BCUT2D eigenvalue weighted by Gasteiger charge is -2.24. The first-order valence-electron chi connectivity index (χ1n) is 17.2. The second kappa shape index (κ2) is 19.5. The van der Waals surface area contributed by atoms with Crippen molar-refractivity contribution in [3.05, 3.63) is 159 Å². The minimum atomic E-state index is -4.46. The van der Waals surface area contributed by atoms with E-state index in [0.717, 1.165) is 41.5 Å². The molecule has 0 fully saturated rings. The highest BCUT2D eigenvalue weighted by atomic mass is 19.4. The molecule has 0 bridgehead atoms. The van der Waals surface area contributed by atoms with Crippen LogP contribution in [0.15, 0.2) is 91.0 Å². The zero-order valence-electron chi connectivity index (χ0n) is 30.1. The van der Waals surface area contributed by atoms with Crippen LogP contribution in [-0.4, -0.2) is 27.8 Å². The largest absolute Gasteiger partial charge is 0.508 e. The highest BCUT2D eigenvalue weighted by Gasteiger charge is 2.30. The fourth-order valence-corrected chi connectivity index (χ4v) is 5.79. The molecule has 0 amide bonds. The molecule has 53 heavy (non-hydrogen) atoms. The standard InChI is InChI=1S/C26H25F5O2.C9H11FO.C8H8O/c1-3-6-16-11-23(32)19(13-21(16)27)25(18-8-5-4-7-15(18)2)20-14-22(28)17(12-24(20)33)9-10-26(29,30)31;1-2-3-7-6-8(11)4-5-9(7)10;1-7-4-2-3-5-8(7)6-9/h4-5,7-8,11-14,25,32-33H,3,6,9-10H2,1-2H3;4-6,11H,2-3H2,1H3;2-6H,1H3. The minimum absolute atomic E-state index is 0.0236. The van der Waals surface area contributed by atoms with Crippen LogP contribution in [-0.2, 0) is 19.3 Å². The van der Waals surface area contributed by atoms with Crippen LogP contribution in [0.5, 0.6) is 17.2 Å². The van der Waals surface area contributed by atoms with E-state index < -0.39 is 42.3 Å². The molecule has 10 heteroatoms. The molecule has 1 unspecified atom stereocenters. The van der Waals surface area contributed by atoms with Gasteiger partial charge in [-0.05, 0) is 109 Å². The molecule has 4 nitrogen and oxygen atoms in total. The van der Waals surface area contributed by atoms with Crippen LogP contribution in [0.1, 0.15) is 93.9 Å². The van der Waals surface area contributed by atoms with E-state index in [9.17, 15) is 41.4 Å². The molecule has 5 aromatic rings. The normalized spacial score (nSPS) is 11.5. The zero-order chi connectivity index (χ0) is 39.3. The number of aldehydes is 1. The molecule has 282 valence electrons. The Morgan fingerprint density at radius 2 is 1.09 bits per heavy atom. The topological polar surface area (TPSA) is 77.8 Å². The van der Waals surface area contributed by atoms with Crippen molar-refractivity contribution in [1.29, 1.82) is 0 Å². The first-order chi connectivity index (χ1) is 25.1. The van der Waals surface area contributed by atoms with E-state index in [0.29, 0.717) is 36.0 Å². The van der Waals surface area contributed by atoms with Crippen molar-refractivity contribution in [1.82, 2.24) is 0 Å². The Hall–Kier alpha value is -5.25. The summed E-state index contributed by atoms with van der Waals surface area (Å²) in [6.45, 7) is 7.56. The number of aromatic hydroxyl groups is 3. The van der Waals surface area contributed by atoms with E-state index in [-0.39, 0.29) is 34.0 Å². The van der Waals surface area contributed by atoms with Gasteiger partial charge in [0.15, 0.2) is 0 Å². The van der Waals surface area contributed by atoms with Crippen LogP contribution in [0, 0.1) is 31.3 Å². The molecule has 0 heterocycles. The van der Waals surface area contributed by atoms with Gasteiger partial charge in [-0.1, -0.05) is 75.2 Å². The van der Waals surface area contributed by atoms with E-state index in [1.54, 1.807) is 31.2 Å². The van der Waals surface area contributed by atoms with Gasteiger partial charge in [0.05, 0.1) is 0 Å². The van der Waals surface area contributed by atoms with Crippen LogP contribution < -0.4 is 0 Å². The summed E-state index contributed by atoms with van der Waals surface area (Å²) in [7, 11) is 0. The molecule has 5 rings (SSSR count). The third-order valence-electron chi connectivity index (χ3n) is 8.57. The molecule has 0 saturated carbocycles. The van der Waals surface area contributed by atoms with Crippen molar-refractivity contribution < 1.29 is 46.5 Å². The molecular weight excluding hydrogens is 694 g/mol. The fraction of sp³-hybridized carbons (Fsp3) is 0.279. The number of benzene rings is 5. The van der Waals surface area contributed by atoms with E-state index >= 15 is 0 Å². The van der Waals surface area contributed by atoms with Crippen molar-refractivity contribution >= 4 is 6.29 Å². The lowest BCUT2D eigenvalue weighted by atomic mass is 9.81. The van der Waals surface area contributed by atoms with Gasteiger partial charge in [-0.3, -0.25) is 4.79 Å². The Labute approximate surface area is 306 Å². The molecule has 0 aliphatic heterocycles. The van der Waals surface area contributed by atoms with Crippen molar-refractivity contribution in [3.63, 3.8) is 0 Å². The number of carbonyl (C=O) groups is 1. The maximum absolute atomic E-state index is 14.8. The zero-order valence-corrected chi connectivity index (χ0v) is 30.1. The van der Waals surface area contributed by atoms with E-state index in [1.165, 1.54) is 30.3 Å². The molecule has 5 aromatic carbocycles.